The van der Waals surface area contributed by atoms with Crippen molar-refractivity contribution in [3.63, 3.8) is 0 Å². The Labute approximate surface area is 122 Å². The van der Waals surface area contributed by atoms with Crippen molar-refractivity contribution in [2.24, 2.45) is 0 Å². The van der Waals surface area contributed by atoms with E-state index < -0.39 is 0 Å². The molecule has 1 aromatic heterocycles. The lowest BCUT2D eigenvalue weighted by atomic mass is 10.0. The van der Waals surface area contributed by atoms with Crippen LogP contribution in [-0.2, 0) is 0 Å². The average Bonchev–Trinajstić information content (AvgIpc) is 2.66. The quantitative estimate of drug-likeness (QED) is 0.850. The van der Waals surface area contributed by atoms with Crippen LogP contribution < -0.4 is 5.32 Å². The third-order valence-electron chi connectivity index (χ3n) is 3.02. The standard InChI is InChI=1S/C15H17ClFNS/c1-4-18-14(15-9(2)7-10(3)19-15)12-6-5-11(16)8-13(12)17/h5-8,14,18H,4H2,1-3H3. The fourth-order valence-corrected chi connectivity index (χ4v) is 3.52. The molecule has 0 aliphatic carbocycles. The molecular weight excluding hydrogens is 281 g/mol. The Kier molecular flexibility index (Phi) is 4.61. The molecule has 1 aromatic carbocycles. The van der Waals surface area contributed by atoms with Crippen LogP contribution in [0.15, 0.2) is 24.3 Å². The molecule has 2 rings (SSSR count). The summed E-state index contributed by atoms with van der Waals surface area (Å²) in [6, 6.07) is 6.90. The third-order valence-corrected chi connectivity index (χ3v) is 4.48. The van der Waals surface area contributed by atoms with Crippen molar-refractivity contribution in [3.8, 4) is 0 Å². The highest BCUT2D eigenvalue weighted by Crippen LogP contribution is 2.33. The average molecular weight is 298 g/mol. The van der Waals surface area contributed by atoms with E-state index in [1.54, 1.807) is 23.5 Å². The Morgan fingerprint density at radius 3 is 2.58 bits per heavy atom. The van der Waals surface area contributed by atoms with E-state index in [4.69, 9.17) is 11.6 Å². The van der Waals surface area contributed by atoms with Gasteiger partial charge in [-0.1, -0.05) is 24.6 Å². The van der Waals surface area contributed by atoms with Crippen LogP contribution in [0.1, 0.15) is 33.8 Å². The largest absolute Gasteiger partial charge is 0.306 e. The summed E-state index contributed by atoms with van der Waals surface area (Å²) in [6.45, 7) is 6.94. The van der Waals surface area contributed by atoms with Gasteiger partial charge in [0.2, 0.25) is 0 Å². The normalized spacial score (nSPS) is 12.7. The van der Waals surface area contributed by atoms with Crippen molar-refractivity contribution >= 4 is 22.9 Å². The van der Waals surface area contributed by atoms with Gasteiger partial charge in [0.1, 0.15) is 5.82 Å². The van der Waals surface area contributed by atoms with Crippen LogP contribution in [0.4, 0.5) is 4.39 Å². The van der Waals surface area contributed by atoms with E-state index in [1.165, 1.54) is 21.4 Å². The molecule has 0 radical (unpaired) electrons. The van der Waals surface area contributed by atoms with E-state index in [-0.39, 0.29) is 11.9 Å². The number of thiophene rings is 1. The highest BCUT2D eigenvalue weighted by molar-refractivity contribution is 7.12. The molecule has 1 nitrogen and oxygen atoms in total. The van der Waals surface area contributed by atoms with E-state index >= 15 is 0 Å². The summed E-state index contributed by atoms with van der Waals surface area (Å²) in [5.41, 5.74) is 1.85. The maximum Gasteiger partial charge on any atom is 0.129 e. The third kappa shape index (κ3) is 3.16. The molecule has 0 saturated carbocycles. The zero-order chi connectivity index (χ0) is 14.0. The molecule has 0 aliphatic rings. The predicted octanol–water partition coefficient (Wildman–Crippen LogP) is 4.86. The van der Waals surface area contributed by atoms with Crippen molar-refractivity contribution < 1.29 is 4.39 Å². The zero-order valence-corrected chi connectivity index (χ0v) is 12.8. The smallest absolute Gasteiger partial charge is 0.129 e. The summed E-state index contributed by atoms with van der Waals surface area (Å²) in [5.74, 6) is -0.260. The van der Waals surface area contributed by atoms with Gasteiger partial charge in [-0.25, -0.2) is 4.39 Å². The van der Waals surface area contributed by atoms with Crippen molar-refractivity contribution in [1.82, 2.24) is 5.32 Å². The first-order chi connectivity index (χ1) is 9.02. The van der Waals surface area contributed by atoms with Crippen LogP contribution in [-0.4, -0.2) is 6.54 Å². The number of halogens is 2. The minimum absolute atomic E-state index is 0.110. The highest BCUT2D eigenvalue weighted by atomic mass is 35.5. The first kappa shape index (κ1) is 14.5. The highest BCUT2D eigenvalue weighted by Gasteiger charge is 2.20. The number of benzene rings is 1. The molecule has 0 amide bonds. The summed E-state index contributed by atoms with van der Waals surface area (Å²) in [4.78, 5) is 2.41. The second kappa shape index (κ2) is 6.04. The Morgan fingerprint density at radius 2 is 2.05 bits per heavy atom. The van der Waals surface area contributed by atoms with Gasteiger partial charge in [0.05, 0.1) is 6.04 Å². The van der Waals surface area contributed by atoms with Crippen molar-refractivity contribution in [2.45, 2.75) is 26.8 Å². The van der Waals surface area contributed by atoms with Gasteiger partial charge in [-0.3, -0.25) is 0 Å². The molecule has 0 spiro atoms. The molecule has 0 saturated heterocycles. The second-order valence-electron chi connectivity index (χ2n) is 4.56. The van der Waals surface area contributed by atoms with Crippen molar-refractivity contribution in [3.05, 3.63) is 56.0 Å². The lowest BCUT2D eigenvalue weighted by molar-refractivity contribution is 0.562. The summed E-state index contributed by atoms with van der Waals surface area (Å²) < 4.78 is 14.1. The number of aryl methyl sites for hydroxylation is 2. The van der Waals surface area contributed by atoms with Gasteiger partial charge in [0.15, 0.2) is 0 Å². The minimum Gasteiger partial charge on any atom is -0.306 e. The molecular formula is C15H17ClFNS. The summed E-state index contributed by atoms with van der Waals surface area (Å²) in [7, 11) is 0. The Morgan fingerprint density at radius 1 is 1.32 bits per heavy atom. The number of nitrogens with one attached hydrogen (secondary N) is 1. The van der Waals surface area contributed by atoms with Crippen LogP contribution >= 0.6 is 22.9 Å². The van der Waals surface area contributed by atoms with Gasteiger partial charge in [-0.15, -0.1) is 11.3 Å². The monoisotopic (exact) mass is 297 g/mol. The SMILES string of the molecule is CCNC(c1ccc(Cl)cc1F)c1sc(C)cc1C. The number of hydrogen-bond donors (Lipinski definition) is 1. The summed E-state index contributed by atoms with van der Waals surface area (Å²) in [6.07, 6.45) is 0. The molecule has 0 bridgehead atoms. The topological polar surface area (TPSA) is 12.0 Å². The number of rotatable bonds is 4. The van der Waals surface area contributed by atoms with Crippen LogP contribution in [0, 0.1) is 19.7 Å². The van der Waals surface area contributed by atoms with Crippen LogP contribution in [0.25, 0.3) is 0 Å². The van der Waals surface area contributed by atoms with Gasteiger partial charge >= 0.3 is 0 Å². The van der Waals surface area contributed by atoms with Crippen molar-refractivity contribution in [2.75, 3.05) is 6.54 Å². The van der Waals surface area contributed by atoms with Gasteiger partial charge in [0.25, 0.3) is 0 Å². The molecule has 19 heavy (non-hydrogen) atoms. The molecule has 1 atom stereocenters. The van der Waals surface area contributed by atoms with Crippen LogP contribution in [0.3, 0.4) is 0 Å². The predicted molar refractivity (Wildman–Crippen MR) is 80.7 cm³/mol. The van der Waals surface area contributed by atoms with E-state index in [9.17, 15) is 4.39 Å². The van der Waals surface area contributed by atoms with E-state index in [1.807, 2.05) is 6.92 Å². The molecule has 1 unspecified atom stereocenters. The van der Waals surface area contributed by atoms with Gasteiger partial charge in [-0.2, -0.15) is 0 Å². The Hall–Kier alpha value is -0.900. The molecule has 1 N–H and O–H groups in total. The summed E-state index contributed by atoms with van der Waals surface area (Å²) >= 11 is 7.53. The molecule has 1 heterocycles. The molecule has 0 fully saturated rings. The molecule has 0 aliphatic heterocycles. The maximum absolute atomic E-state index is 14.1. The second-order valence-corrected chi connectivity index (χ2v) is 6.29. The van der Waals surface area contributed by atoms with Crippen molar-refractivity contribution in [1.29, 1.82) is 0 Å². The Balaban J connectivity index is 2.48. The lowest BCUT2D eigenvalue weighted by Crippen LogP contribution is -2.22. The zero-order valence-electron chi connectivity index (χ0n) is 11.3. The Bertz CT molecular complexity index is 580. The van der Waals surface area contributed by atoms with Gasteiger partial charge in [-0.05, 0) is 44.2 Å². The van der Waals surface area contributed by atoms with Crippen LogP contribution in [0.2, 0.25) is 5.02 Å². The molecule has 102 valence electrons. The first-order valence-electron chi connectivity index (χ1n) is 6.28. The fourth-order valence-electron chi connectivity index (χ4n) is 2.23. The fraction of sp³-hybridized carbons (Fsp3) is 0.333. The maximum atomic E-state index is 14.1. The molecule has 2 aromatic rings. The van der Waals surface area contributed by atoms with Gasteiger partial charge in [0, 0.05) is 20.3 Å². The minimum atomic E-state index is -0.260. The van der Waals surface area contributed by atoms with Crippen LogP contribution in [0.5, 0.6) is 0 Å². The molecule has 4 heteroatoms. The van der Waals surface area contributed by atoms with Gasteiger partial charge < -0.3 is 5.32 Å². The van der Waals surface area contributed by atoms with E-state index in [0.29, 0.717) is 10.6 Å². The summed E-state index contributed by atoms with van der Waals surface area (Å²) in [5, 5.41) is 3.78. The van der Waals surface area contributed by atoms with E-state index in [2.05, 4.69) is 25.2 Å². The first-order valence-corrected chi connectivity index (χ1v) is 7.47. The van der Waals surface area contributed by atoms with E-state index in [0.717, 1.165) is 6.54 Å². The lowest BCUT2D eigenvalue weighted by Gasteiger charge is -2.19. The number of hydrogen-bond acceptors (Lipinski definition) is 2.